The second-order valence-electron chi connectivity index (χ2n) is 5.01. The van der Waals surface area contributed by atoms with E-state index in [-0.39, 0.29) is 11.4 Å². The molecule has 3 nitrogen and oxygen atoms in total. The summed E-state index contributed by atoms with van der Waals surface area (Å²) in [6.07, 6.45) is 0. The van der Waals surface area contributed by atoms with Crippen LogP contribution in [0.3, 0.4) is 0 Å². The van der Waals surface area contributed by atoms with Gasteiger partial charge in [-0.25, -0.2) is 0 Å². The highest BCUT2D eigenvalue weighted by atomic mass is 16.5. The maximum absolute atomic E-state index is 11.5. The lowest BCUT2D eigenvalue weighted by Gasteiger charge is -2.25. The molecular formula is C10H21NO2. The molecule has 0 saturated heterocycles. The fourth-order valence-corrected chi connectivity index (χ4v) is 0.565. The van der Waals surface area contributed by atoms with Crippen molar-refractivity contribution < 1.29 is 9.53 Å². The summed E-state index contributed by atoms with van der Waals surface area (Å²) in [7, 11) is 1.75. The smallest absolute Gasteiger partial charge is 0.325 e. The molecular weight excluding hydrogens is 166 g/mol. The zero-order chi connectivity index (χ0) is 10.7. The molecule has 13 heavy (non-hydrogen) atoms. The highest BCUT2D eigenvalue weighted by molar-refractivity contribution is 5.79. The van der Waals surface area contributed by atoms with Crippen molar-refractivity contribution in [3.63, 3.8) is 0 Å². The SMILES string of the molecule is CNC(C)(C)C(=O)OCC(C)(C)C. The third-order valence-electron chi connectivity index (χ3n) is 1.77. The van der Waals surface area contributed by atoms with E-state index in [0.717, 1.165) is 0 Å². The van der Waals surface area contributed by atoms with Gasteiger partial charge in [0.2, 0.25) is 0 Å². The van der Waals surface area contributed by atoms with Crippen molar-refractivity contribution in [3.05, 3.63) is 0 Å². The molecule has 0 aliphatic carbocycles. The van der Waals surface area contributed by atoms with Crippen molar-refractivity contribution in [1.29, 1.82) is 0 Å². The Labute approximate surface area is 80.8 Å². The molecule has 0 atom stereocenters. The number of ether oxygens (including phenoxy) is 1. The number of likely N-dealkylation sites (N-methyl/N-ethyl adjacent to an activating group) is 1. The Morgan fingerprint density at radius 3 is 2.00 bits per heavy atom. The van der Waals surface area contributed by atoms with E-state index in [0.29, 0.717) is 6.61 Å². The molecule has 0 bridgehead atoms. The molecule has 0 fully saturated rings. The summed E-state index contributed by atoms with van der Waals surface area (Å²) in [4.78, 5) is 11.5. The molecule has 0 unspecified atom stereocenters. The van der Waals surface area contributed by atoms with Crippen LogP contribution in [0.2, 0.25) is 0 Å². The molecule has 0 aliphatic rings. The molecule has 1 N–H and O–H groups in total. The number of esters is 1. The molecule has 0 aromatic heterocycles. The number of hydrogen-bond acceptors (Lipinski definition) is 3. The van der Waals surface area contributed by atoms with Crippen molar-refractivity contribution in [1.82, 2.24) is 5.32 Å². The van der Waals surface area contributed by atoms with Gasteiger partial charge in [0.15, 0.2) is 0 Å². The van der Waals surface area contributed by atoms with Gasteiger partial charge in [0.05, 0.1) is 6.61 Å². The normalized spacial score (nSPS) is 12.8. The third kappa shape index (κ3) is 4.88. The summed E-state index contributed by atoms with van der Waals surface area (Å²) in [5.74, 6) is -0.204. The van der Waals surface area contributed by atoms with E-state index >= 15 is 0 Å². The lowest BCUT2D eigenvalue weighted by molar-refractivity contribution is -0.152. The van der Waals surface area contributed by atoms with Gasteiger partial charge in [0.1, 0.15) is 5.54 Å². The number of hydrogen-bond donors (Lipinski definition) is 1. The van der Waals surface area contributed by atoms with E-state index in [4.69, 9.17) is 4.74 Å². The van der Waals surface area contributed by atoms with Gasteiger partial charge in [-0.1, -0.05) is 20.8 Å². The van der Waals surface area contributed by atoms with Crippen LogP contribution >= 0.6 is 0 Å². The Hall–Kier alpha value is -0.570. The van der Waals surface area contributed by atoms with Crippen molar-refractivity contribution in [2.45, 2.75) is 40.2 Å². The van der Waals surface area contributed by atoms with Crippen molar-refractivity contribution in [2.75, 3.05) is 13.7 Å². The molecule has 0 saturated carbocycles. The number of carbonyl (C=O) groups is 1. The van der Waals surface area contributed by atoms with Gasteiger partial charge in [-0.3, -0.25) is 4.79 Å². The molecule has 78 valence electrons. The van der Waals surface area contributed by atoms with E-state index in [1.54, 1.807) is 20.9 Å². The average Bonchev–Trinajstić information content (AvgIpc) is 1.98. The first-order chi connectivity index (χ1) is 5.69. The first-order valence-corrected chi connectivity index (χ1v) is 4.55. The van der Waals surface area contributed by atoms with Crippen molar-refractivity contribution >= 4 is 5.97 Å². The fourth-order valence-electron chi connectivity index (χ4n) is 0.565. The zero-order valence-electron chi connectivity index (χ0n) is 9.52. The summed E-state index contributed by atoms with van der Waals surface area (Å²) >= 11 is 0. The van der Waals surface area contributed by atoms with E-state index in [1.807, 2.05) is 20.8 Å². The topological polar surface area (TPSA) is 38.3 Å². The van der Waals surface area contributed by atoms with Gasteiger partial charge < -0.3 is 10.1 Å². The van der Waals surface area contributed by atoms with Crippen molar-refractivity contribution in [2.24, 2.45) is 5.41 Å². The third-order valence-corrected chi connectivity index (χ3v) is 1.77. The summed E-state index contributed by atoms with van der Waals surface area (Å²) in [6, 6.07) is 0. The summed E-state index contributed by atoms with van der Waals surface area (Å²) in [5.41, 5.74) is -0.565. The Kier molecular flexibility index (Phi) is 3.91. The molecule has 3 heteroatoms. The predicted molar refractivity (Wildman–Crippen MR) is 53.6 cm³/mol. The van der Waals surface area contributed by atoms with Crippen LogP contribution in [0, 0.1) is 5.41 Å². The lowest BCUT2D eigenvalue weighted by atomic mass is 9.98. The maximum atomic E-state index is 11.5. The van der Waals surface area contributed by atoms with E-state index in [1.165, 1.54) is 0 Å². The number of rotatable bonds is 3. The second-order valence-corrected chi connectivity index (χ2v) is 5.01. The first kappa shape index (κ1) is 12.4. The molecule has 0 aromatic carbocycles. The molecule has 0 rings (SSSR count). The Balaban J connectivity index is 4.03. The Morgan fingerprint density at radius 1 is 1.23 bits per heavy atom. The number of nitrogens with one attached hydrogen (secondary N) is 1. The van der Waals surface area contributed by atoms with Gasteiger partial charge in [-0.15, -0.1) is 0 Å². The summed E-state index contributed by atoms with van der Waals surface area (Å²) < 4.78 is 5.16. The van der Waals surface area contributed by atoms with Crippen molar-refractivity contribution in [3.8, 4) is 0 Å². The first-order valence-electron chi connectivity index (χ1n) is 4.55. The monoisotopic (exact) mass is 187 g/mol. The quantitative estimate of drug-likeness (QED) is 0.682. The van der Waals surface area contributed by atoms with Gasteiger partial charge in [-0.05, 0) is 26.3 Å². The average molecular weight is 187 g/mol. The van der Waals surface area contributed by atoms with Crippen LogP contribution in [0.4, 0.5) is 0 Å². The van der Waals surface area contributed by atoms with Crippen LogP contribution in [0.5, 0.6) is 0 Å². The maximum Gasteiger partial charge on any atom is 0.325 e. The lowest BCUT2D eigenvalue weighted by Crippen LogP contribution is -2.46. The summed E-state index contributed by atoms with van der Waals surface area (Å²) in [5, 5.41) is 2.90. The molecule has 0 heterocycles. The van der Waals surface area contributed by atoms with Crippen LogP contribution in [-0.4, -0.2) is 25.2 Å². The minimum atomic E-state index is -0.592. The standard InChI is InChI=1S/C10H21NO2/c1-9(2,3)7-13-8(12)10(4,5)11-6/h11H,7H2,1-6H3. The number of carbonyl (C=O) groups excluding carboxylic acids is 1. The Morgan fingerprint density at radius 2 is 1.69 bits per heavy atom. The van der Waals surface area contributed by atoms with E-state index in [2.05, 4.69) is 5.32 Å². The van der Waals surface area contributed by atoms with Crippen LogP contribution in [0.15, 0.2) is 0 Å². The minimum Gasteiger partial charge on any atom is -0.464 e. The minimum absolute atomic E-state index is 0.0273. The molecule has 0 aromatic rings. The van der Waals surface area contributed by atoms with Crippen LogP contribution in [0.1, 0.15) is 34.6 Å². The second kappa shape index (κ2) is 4.09. The van der Waals surface area contributed by atoms with Crippen LogP contribution in [0.25, 0.3) is 0 Å². The van der Waals surface area contributed by atoms with Gasteiger partial charge in [-0.2, -0.15) is 0 Å². The molecule has 0 amide bonds. The highest BCUT2D eigenvalue weighted by Gasteiger charge is 2.28. The highest BCUT2D eigenvalue weighted by Crippen LogP contribution is 2.14. The van der Waals surface area contributed by atoms with Gasteiger partial charge in [0, 0.05) is 0 Å². The zero-order valence-corrected chi connectivity index (χ0v) is 9.52. The molecule has 0 radical (unpaired) electrons. The predicted octanol–water partition coefficient (Wildman–Crippen LogP) is 1.57. The van der Waals surface area contributed by atoms with E-state index < -0.39 is 5.54 Å². The van der Waals surface area contributed by atoms with Crippen LogP contribution in [-0.2, 0) is 9.53 Å². The van der Waals surface area contributed by atoms with E-state index in [9.17, 15) is 4.79 Å². The largest absolute Gasteiger partial charge is 0.464 e. The van der Waals surface area contributed by atoms with Gasteiger partial charge in [0.25, 0.3) is 0 Å². The summed E-state index contributed by atoms with van der Waals surface area (Å²) in [6.45, 7) is 10.2. The molecule has 0 spiro atoms. The fraction of sp³-hybridized carbons (Fsp3) is 0.900. The van der Waals surface area contributed by atoms with Crippen LogP contribution < -0.4 is 5.32 Å². The molecule has 0 aliphatic heterocycles. The Bertz CT molecular complexity index is 180. The van der Waals surface area contributed by atoms with Gasteiger partial charge >= 0.3 is 5.97 Å².